The summed E-state index contributed by atoms with van der Waals surface area (Å²) in [5, 5.41) is 4.78. The van der Waals surface area contributed by atoms with Crippen LogP contribution in [-0.4, -0.2) is 24.9 Å². The second-order valence-corrected chi connectivity index (χ2v) is 6.17. The second-order valence-electron chi connectivity index (χ2n) is 5.14. The van der Waals surface area contributed by atoms with E-state index in [1.807, 2.05) is 17.5 Å². The molecule has 6 heteroatoms. The molecular weight excluding hydrogens is 314 g/mol. The molecular formula is C17H17NO4S. The van der Waals surface area contributed by atoms with Gasteiger partial charge in [0, 0.05) is 23.3 Å². The van der Waals surface area contributed by atoms with Gasteiger partial charge in [-0.15, -0.1) is 11.3 Å². The summed E-state index contributed by atoms with van der Waals surface area (Å²) in [5.74, 6) is 1.04. The minimum absolute atomic E-state index is 0.0757. The summed E-state index contributed by atoms with van der Waals surface area (Å²) in [6.45, 7) is 1.51. The van der Waals surface area contributed by atoms with Crippen LogP contribution in [0, 0.1) is 0 Å². The van der Waals surface area contributed by atoms with Gasteiger partial charge in [-0.1, -0.05) is 6.07 Å². The molecule has 0 atom stereocenters. The number of nitrogens with one attached hydrogen (secondary N) is 1. The zero-order valence-corrected chi connectivity index (χ0v) is 13.4. The van der Waals surface area contributed by atoms with Crippen molar-refractivity contribution in [2.24, 2.45) is 0 Å². The fraction of sp³-hybridized carbons (Fsp3) is 0.294. The van der Waals surface area contributed by atoms with Gasteiger partial charge in [0.25, 0.3) is 0 Å². The average Bonchev–Trinajstić information content (AvgIpc) is 3.11. The Hall–Kier alpha value is -2.34. The molecule has 1 amide bonds. The van der Waals surface area contributed by atoms with Crippen LogP contribution in [0.2, 0.25) is 0 Å². The smallest absolute Gasteiger partial charge is 0.220 e. The van der Waals surface area contributed by atoms with Crippen LogP contribution in [0.15, 0.2) is 35.7 Å². The highest BCUT2D eigenvalue weighted by atomic mass is 32.1. The van der Waals surface area contributed by atoms with Gasteiger partial charge in [0.2, 0.25) is 5.91 Å². The van der Waals surface area contributed by atoms with Crippen molar-refractivity contribution in [3.05, 3.63) is 46.2 Å². The van der Waals surface area contributed by atoms with Crippen LogP contribution in [-0.2, 0) is 11.3 Å². The van der Waals surface area contributed by atoms with Crippen molar-refractivity contribution in [3.8, 4) is 11.5 Å². The molecule has 23 heavy (non-hydrogen) atoms. The predicted octanol–water partition coefficient (Wildman–Crippen LogP) is 2.80. The van der Waals surface area contributed by atoms with Crippen LogP contribution in [0.4, 0.5) is 0 Å². The van der Waals surface area contributed by atoms with Gasteiger partial charge >= 0.3 is 0 Å². The molecule has 1 aliphatic heterocycles. The Morgan fingerprint density at radius 2 is 1.91 bits per heavy atom. The van der Waals surface area contributed by atoms with Crippen LogP contribution >= 0.6 is 11.3 Å². The fourth-order valence-electron chi connectivity index (χ4n) is 2.28. The normalized spacial score (nSPS) is 12.7. The number of ketones is 1. The van der Waals surface area contributed by atoms with E-state index in [2.05, 4.69) is 5.32 Å². The van der Waals surface area contributed by atoms with Crippen molar-refractivity contribution < 1.29 is 19.1 Å². The number of rotatable bonds is 6. The van der Waals surface area contributed by atoms with Gasteiger partial charge in [0.15, 0.2) is 17.3 Å². The number of carbonyl (C=O) groups is 2. The molecule has 1 aromatic heterocycles. The topological polar surface area (TPSA) is 64.6 Å². The van der Waals surface area contributed by atoms with Gasteiger partial charge < -0.3 is 14.8 Å². The van der Waals surface area contributed by atoms with E-state index in [1.165, 1.54) is 0 Å². The molecule has 120 valence electrons. The number of benzene rings is 1. The fourth-order valence-corrected chi connectivity index (χ4v) is 2.92. The van der Waals surface area contributed by atoms with Crippen LogP contribution < -0.4 is 14.8 Å². The highest BCUT2D eigenvalue weighted by molar-refractivity contribution is 7.09. The van der Waals surface area contributed by atoms with Crippen LogP contribution in [0.3, 0.4) is 0 Å². The van der Waals surface area contributed by atoms with E-state index in [0.717, 1.165) is 4.88 Å². The maximum Gasteiger partial charge on any atom is 0.220 e. The van der Waals surface area contributed by atoms with E-state index in [4.69, 9.17) is 9.47 Å². The maximum absolute atomic E-state index is 12.2. The van der Waals surface area contributed by atoms with Gasteiger partial charge in [-0.3, -0.25) is 9.59 Å². The van der Waals surface area contributed by atoms with Crippen molar-refractivity contribution in [2.45, 2.75) is 19.4 Å². The Balaban J connectivity index is 1.50. The van der Waals surface area contributed by atoms with Crippen molar-refractivity contribution in [2.75, 3.05) is 13.2 Å². The minimum Gasteiger partial charge on any atom is -0.486 e. The number of hydrogen-bond donors (Lipinski definition) is 1. The molecule has 3 rings (SSSR count). The SMILES string of the molecule is O=C(CCC(=O)c1ccc2c(c1)OCCO2)NCc1cccs1. The number of hydrogen-bond acceptors (Lipinski definition) is 5. The molecule has 0 aliphatic carbocycles. The van der Waals surface area contributed by atoms with E-state index in [0.29, 0.717) is 36.8 Å². The van der Waals surface area contributed by atoms with E-state index < -0.39 is 0 Å². The predicted molar refractivity (Wildman–Crippen MR) is 87.2 cm³/mol. The van der Waals surface area contributed by atoms with Gasteiger partial charge in [0.1, 0.15) is 13.2 Å². The first-order valence-corrected chi connectivity index (χ1v) is 8.32. The zero-order chi connectivity index (χ0) is 16.1. The van der Waals surface area contributed by atoms with Crippen molar-refractivity contribution in [1.29, 1.82) is 0 Å². The second kappa shape index (κ2) is 7.28. The summed E-state index contributed by atoms with van der Waals surface area (Å²) in [6, 6.07) is 9.03. The van der Waals surface area contributed by atoms with Gasteiger partial charge in [-0.25, -0.2) is 0 Å². The third-order valence-corrected chi connectivity index (χ3v) is 4.36. The van der Waals surface area contributed by atoms with E-state index in [9.17, 15) is 9.59 Å². The third kappa shape index (κ3) is 4.10. The van der Waals surface area contributed by atoms with Crippen molar-refractivity contribution in [3.63, 3.8) is 0 Å². The van der Waals surface area contributed by atoms with E-state index >= 15 is 0 Å². The number of carbonyl (C=O) groups excluding carboxylic acids is 2. The lowest BCUT2D eigenvalue weighted by molar-refractivity contribution is -0.121. The molecule has 0 spiro atoms. The van der Waals surface area contributed by atoms with Gasteiger partial charge in [-0.2, -0.15) is 0 Å². The lowest BCUT2D eigenvalue weighted by Crippen LogP contribution is -2.22. The Kier molecular flexibility index (Phi) is 4.92. The molecule has 2 heterocycles. The molecule has 0 bridgehead atoms. The average molecular weight is 331 g/mol. The lowest BCUT2D eigenvalue weighted by atomic mass is 10.1. The van der Waals surface area contributed by atoms with Gasteiger partial charge in [0.05, 0.1) is 6.54 Å². The molecule has 5 nitrogen and oxygen atoms in total. The minimum atomic E-state index is -0.121. The highest BCUT2D eigenvalue weighted by Crippen LogP contribution is 2.31. The monoisotopic (exact) mass is 331 g/mol. The van der Waals surface area contributed by atoms with E-state index in [-0.39, 0.29) is 24.5 Å². The summed E-state index contributed by atoms with van der Waals surface area (Å²) in [5.41, 5.74) is 0.542. The van der Waals surface area contributed by atoms with Crippen LogP contribution in [0.25, 0.3) is 0 Å². The summed E-state index contributed by atoms with van der Waals surface area (Å²) in [7, 11) is 0. The number of amides is 1. The van der Waals surface area contributed by atoms with Gasteiger partial charge in [-0.05, 0) is 29.6 Å². The first kappa shape index (κ1) is 15.6. The molecule has 1 aliphatic rings. The number of thiophene rings is 1. The van der Waals surface area contributed by atoms with Crippen LogP contribution in [0.5, 0.6) is 11.5 Å². The molecule has 0 unspecified atom stereocenters. The Labute approximate surface area is 138 Å². The lowest BCUT2D eigenvalue weighted by Gasteiger charge is -2.18. The first-order chi connectivity index (χ1) is 11.2. The third-order valence-electron chi connectivity index (χ3n) is 3.48. The number of fused-ring (bicyclic) bond motifs is 1. The van der Waals surface area contributed by atoms with Crippen molar-refractivity contribution >= 4 is 23.0 Å². The quantitative estimate of drug-likeness (QED) is 0.827. The maximum atomic E-state index is 12.2. The van der Waals surface area contributed by atoms with Crippen molar-refractivity contribution in [1.82, 2.24) is 5.32 Å². The molecule has 1 N–H and O–H groups in total. The molecule has 2 aromatic rings. The molecule has 0 radical (unpaired) electrons. The molecule has 1 aromatic carbocycles. The molecule has 0 saturated heterocycles. The standard InChI is InChI=1S/C17H17NO4S/c19-14(4-6-17(20)18-11-13-2-1-9-23-13)12-3-5-15-16(10-12)22-8-7-21-15/h1-3,5,9-10H,4,6-8,11H2,(H,18,20). The Morgan fingerprint density at radius 1 is 1.09 bits per heavy atom. The Bertz CT molecular complexity index is 697. The highest BCUT2D eigenvalue weighted by Gasteiger charge is 2.15. The zero-order valence-electron chi connectivity index (χ0n) is 12.5. The summed E-state index contributed by atoms with van der Waals surface area (Å²) < 4.78 is 10.9. The summed E-state index contributed by atoms with van der Waals surface area (Å²) in [6.07, 6.45) is 0.356. The molecule has 0 fully saturated rings. The van der Waals surface area contributed by atoms with Crippen LogP contribution in [0.1, 0.15) is 28.1 Å². The number of Topliss-reactive ketones (excluding diaryl/α,β-unsaturated/α-hetero) is 1. The first-order valence-electron chi connectivity index (χ1n) is 7.44. The van der Waals surface area contributed by atoms with E-state index in [1.54, 1.807) is 29.5 Å². The number of ether oxygens (including phenoxy) is 2. The molecule has 0 saturated carbocycles. The summed E-state index contributed by atoms with van der Waals surface area (Å²) >= 11 is 1.59. The largest absolute Gasteiger partial charge is 0.486 e. The summed E-state index contributed by atoms with van der Waals surface area (Å²) in [4.78, 5) is 25.1. The Morgan fingerprint density at radius 3 is 2.70 bits per heavy atom.